The smallest absolute Gasteiger partial charge is 0.148 e. The van der Waals surface area contributed by atoms with Gasteiger partial charge in [0, 0.05) is 5.92 Å². The summed E-state index contributed by atoms with van der Waals surface area (Å²) in [4.78, 5) is 8.73. The Morgan fingerprint density at radius 2 is 2.04 bits per heavy atom. The van der Waals surface area contributed by atoms with Gasteiger partial charge < -0.3 is 5.11 Å². The third-order valence-corrected chi connectivity index (χ3v) is 5.02. The molecule has 1 aromatic carbocycles. The Morgan fingerprint density at radius 3 is 2.81 bits per heavy atom. The molecule has 5 rings (SSSR count). The van der Waals surface area contributed by atoms with Crippen LogP contribution in [0.15, 0.2) is 43.0 Å². The lowest BCUT2D eigenvalue weighted by Gasteiger charge is -2.16. The molecule has 1 N–H and O–H groups in total. The molecule has 0 aliphatic heterocycles. The number of para-hydroxylation sites is 1. The maximum Gasteiger partial charge on any atom is 0.148 e. The first-order valence-corrected chi connectivity index (χ1v) is 8.81. The fourth-order valence-electron chi connectivity index (χ4n) is 3.45. The second-order valence-corrected chi connectivity index (χ2v) is 6.82. The molecule has 27 heavy (non-hydrogen) atoms. The standard InChI is InChI=1S/C19H17FN6O/c1-11-16(23-24-26(11)15-5-3-2-4-14(15)20)19(27)18-17(12-6-7-12)22-9-13-8-21-10-25(13)18/h2-5,8-10,12,19,27H,6-7H2,1H3/t19-/m0/s1. The van der Waals surface area contributed by atoms with E-state index in [1.807, 2.05) is 4.40 Å². The number of rotatable bonds is 4. The van der Waals surface area contributed by atoms with E-state index in [0.717, 1.165) is 24.1 Å². The monoisotopic (exact) mass is 364 g/mol. The summed E-state index contributed by atoms with van der Waals surface area (Å²) >= 11 is 0. The Balaban J connectivity index is 1.65. The van der Waals surface area contributed by atoms with Crippen LogP contribution in [0.25, 0.3) is 11.2 Å². The second-order valence-electron chi connectivity index (χ2n) is 6.82. The number of aliphatic hydroxyl groups is 1. The van der Waals surface area contributed by atoms with Gasteiger partial charge in [-0.15, -0.1) is 5.10 Å². The number of halogens is 1. The van der Waals surface area contributed by atoms with Gasteiger partial charge in [0.15, 0.2) is 0 Å². The molecule has 0 bridgehead atoms. The maximum absolute atomic E-state index is 14.2. The lowest BCUT2D eigenvalue weighted by molar-refractivity contribution is 0.206. The largest absolute Gasteiger partial charge is 0.380 e. The van der Waals surface area contributed by atoms with Crippen LogP contribution in [0, 0.1) is 12.7 Å². The highest BCUT2D eigenvalue weighted by molar-refractivity contribution is 5.47. The first-order chi connectivity index (χ1) is 13.1. The second kappa shape index (κ2) is 5.95. The van der Waals surface area contributed by atoms with E-state index in [0.29, 0.717) is 28.7 Å². The zero-order valence-electron chi connectivity index (χ0n) is 14.6. The summed E-state index contributed by atoms with van der Waals surface area (Å²) in [5.41, 5.74) is 3.55. The summed E-state index contributed by atoms with van der Waals surface area (Å²) in [6, 6.07) is 6.35. The average Bonchev–Trinajstić information content (AvgIpc) is 3.29. The fourth-order valence-corrected chi connectivity index (χ4v) is 3.45. The van der Waals surface area contributed by atoms with E-state index in [-0.39, 0.29) is 0 Å². The van der Waals surface area contributed by atoms with Gasteiger partial charge in [-0.05, 0) is 31.9 Å². The van der Waals surface area contributed by atoms with Crippen LogP contribution in [0.3, 0.4) is 0 Å². The van der Waals surface area contributed by atoms with Crippen molar-refractivity contribution in [3.8, 4) is 5.69 Å². The van der Waals surface area contributed by atoms with Crippen LogP contribution in [-0.4, -0.2) is 34.5 Å². The third-order valence-electron chi connectivity index (χ3n) is 5.02. The van der Waals surface area contributed by atoms with Crippen molar-refractivity contribution in [2.75, 3.05) is 0 Å². The van der Waals surface area contributed by atoms with Crippen LogP contribution in [0.4, 0.5) is 4.39 Å². The van der Waals surface area contributed by atoms with E-state index in [1.54, 1.807) is 43.8 Å². The first-order valence-electron chi connectivity index (χ1n) is 8.81. The highest BCUT2D eigenvalue weighted by Gasteiger charge is 2.33. The SMILES string of the molecule is Cc1c([C@H](O)c2c(C3CC3)ncc3cncn23)nnn1-c1ccccc1F. The van der Waals surface area contributed by atoms with Crippen LogP contribution >= 0.6 is 0 Å². The average molecular weight is 364 g/mol. The quantitative estimate of drug-likeness (QED) is 0.602. The molecule has 4 aromatic rings. The molecule has 7 nitrogen and oxygen atoms in total. The van der Waals surface area contributed by atoms with Crippen molar-refractivity contribution in [2.45, 2.75) is 31.8 Å². The number of hydrogen-bond acceptors (Lipinski definition) is 5. The van der Waals surface area contributed by atoms with Crippen molar-refractivity contribution in [1.29, 1.82) is 0 Å². The Hall–Kier alpha value is -3.13. The molecule has 0 unspecified atom stereocenters. The number of nitrogens with zero attached hydrogens (tertiary/aromatic N) is 6. The normalized spacial score (nSPS) is 15.4. The fraction of sp³-hybridized carbons (Fsp3) is 0.263. The van der Waals surface area contributed by atoms with Crippen molar-refractivity contribution in [3.63, 3.8) is 0 Å². The molecule has 1 saturated carbocycles. The molecule has 1 atom stereocenters. The van der Waals surface area contributed by atoms with Gasteiger partial charge in [-0.3, -0.25) is 9.38 Å². The van der Waals surface area contributed by atoms with Crippen molar-refractivity contribution in [3.05, 3.63) is 71.6 Å². The number of fused-ring (bicyclic) bond motifs is 1. The summed E-state index contributed by atoms with van der Waals surface area (Å²) in [6.45, 7) is 1.77. The minimum absolute atomic E-state index is 0.294. The minimum atomic E-state index is -1.04. The lowest BCUT2D eigenvalue weighted by atomic mass is 10.1. The van der Waals surface area contributed by atoms with Crippen molar-refractivity contribution in [2.24, 2.45) is 0 Å². The molecule has 1 aliphatic rings. The Kier molecular flexibility index (Phi) is 3.54. The summed E-state index contributed by atoms with van der Waals surface area (Å²) in [5, 5.41) is 19.4. The van der Waals surface area contributed by atoms with Crippen LogP contribution in [0.1, 0.15) is 47.6 Å². The van der Waals surface area contributed by atoms with E-state index in [9.17, 15) is 9.50 Å². The van der Waals surface area contributed by atoms with Crippen LogP contribution in [-0.2, 0) is 0 Å². The van der Waals surface area contributed by atoms with Gasteiger partial charge in [-0.25, -0.2) is 14.1 Å². The zero-order valence-corrected chi connectivity index (χ0v) is 14.6. The summed E-state index contributed by atoms with van der Waals surface area (Å²) in [5.74, 6) is -0.0630. The van der Waals surface area contributed by atoms with E-state index in [2.05, 4.69) is 20.3 Å². The van der Waals surface area contributed by atoms with E-state index >= 15 is 0 Å². The van der Waals surface area contributed by atoms with Crippen LogP contribution in [0.5, 0.6) is 0 Å². The summed E-state index contributed by atoms with van der Waals surface area (Å²) in [6.07, 6.45) is 6.19. The Morgan fingerprint density at radius 1 is 1.22 bits per heavy atom. The van der Waals surface area contributed by atoms with Gasteiger partial charge in [0.05, 0.1) is 41.3 Å². The van der Waals surface area contributed by atoms with E-state index in [4.69, 9.17) is 0 Å². The highest BCUT2D eigenvalue weighted by Crippen LogP contribution is 2.43. The lowest BCUT2D eigenvalue weighted by Crippen LogP contribution is -2.13. The van der Waals surface area contributed by atoms with E-state index < -0.39 is 11.9 Å². The van der Waals surface area contributed by atoms with Gasteiger partial charge in [-0.1, -0.05) is 17.3 Å². The third kappa shape index (κ3) is 2.52. The molecular formula is C19H17FN6O. The number of benzene rings is 1. The molecular weight excluding hydrogens is 347 g/mol. The topological polar surface area (TPSA) is 81.1 Å². The molecule has 136 valence electrons. The number of aliphatic hydroxyl groups excluding tert-OH is 1. The predicted octanol–water partition coefficient (Wildman–Crippen LogP) is 2.72. The molecule has 0 amide bonds. The van der Waals surface area contributed by atoms with Gasteiger partial charge in [-0.2, -0.15) is 0 Å². The first kappa shape index (κ1) is 16.1. The minimum Gasteiger partial charge on any atom is -0.380 e. The maximum atomic E-state index is 14.2. The summed E-state index contributed by atoms with van der Waals surface area (Å²) < 4.78 is 17.4. The van der Waals surface area contributed by atoms with Crippen LogP contribution < -0.4 is 0 Å². The summed E-state index contributed by atoms with van der Waals surface area (Å²) in [7, 11) is 0. The molecule has 0 saturated heterocycles. The number of imidazole rings is 1. The Bertz CT molecular complexity index is 1150. The molecule has 0 radical (unpaired) electrons. The molecule has 3 heterocycles. The molecule has 0 spiro atoms. The number of aromatic nitrogens is 6. The molecule has 1 fully saturated rings. The molecule has 3 aromatic heterocycles. The predicted molar refractivity (Wildman–Crippen MR) is 95.1 cm³/mol. The Labute approximate surface area is 154 Å². The van der Waals surface area contributed by atoms with Crippen molar-refractivity contribution in [1.82, 2.24) is 29.4 Å². The highest BCUT2D eigenvalue weighted by atomic mass is 19.1. The van der Waals surface area contributed by atoms with Gasteiger partial charge in [0.2, 0.25) is 0 Å². The molecule has 1 aliphatic carbocycles. The van der Waals surface area contributed by atoms with Crippen LogP contribution in [0.2, 0.25) is 0 Å². The van der Waals surface area contributed by atoms with Crippen molar-refractivity contribution < 1.29 is 9.50 Å². The van der Waals surface area contributed by atoms with Crippen molar-refractivity contribution >= 4 is 5.52 Å². The van der Waals surface area contributed by atoms with E-state index in [1.165, 1.54) is 10.7 Å². The van der Waals surface area contributed by atoms with Gasteiger partial charge in [0.25, 0.3) is 0 Å². The molecule has 8 heteroatoms. The van der Waals surface area contributed by atoms with Gasteiger partial charge >= 0.3 is 0 Å². The zero-order chi connectivity index (χ0) is 18.5. The number of hydrogen-bond donors (Lipinski definition) is 1. The van der Waals surface area contributed by atoms with Gasteiger partial charge in [0.1, 0.15) is 23.3 Å².